The summed E-state index contributed by atoms with van der Waals surface area (Å²) in [6, 6.07) is 2.82. The number of halogens is 4. The monoisotopic (exact) mass is 334 g/mol. The average Bonchev–Trinajstić information content (AvgIpc) is 2.36. The zero-order valence-electron chi connectivity index (χ0n) is 10.4. The Morgan fingerprint density at radius 1 is 1.40 bits per heavy atom. The van der Waals surface area contributed by atoms with Crippen molar-refractivity contribution in [1.82, 2.24) is 4.72 Å². The smallest absolute Gasteiger partial charge is 0.273 e. The summed E-state index contributed by atoms with van der Waals surface area (Å²) in [5.74, 6) is -4.42. The summed E-state index contributed by atoms with van der Waals surface area (Å²) >= 11 is 0. The van der Waals surface area contributed by atoms with Crippen molar-refractivity contribution in [2.75, 3.05) is 20.2 Å². The number of nitrogens with two attached hydrogens (primary N) is 1. The van der Waals surface area contributed by atoms with Crippen LogP contribution in [0.1, 0.15) is 0 Å². The highest BCUT2D eigenvalue weighted by molar-refractivity contribution is 7.89. The normalized spacial score (nSPS) is 11.8. The van der Waals surface area contributed by atoms with Crippen LogP contribution in [0.15, 0.2) is 23.1 Å². The molecule has 0 amide bonds. The zero-order chi connectivity index (χ0) is 14.7. The Hall–Kier alpha value is -1.03. The fraction of sp³-hybridized carbons (Fsp3) is 0.400. The van der Waals surface area contributed by atoms with E-state index in [2.05, 4.69) is 4.74 Å². The summed E-state index contributed by atoms with van der Waals surface area (Å²) < 4.78 is 68.6. The van der Waals surface area contributed by atoms with Crippen molar-refractivity contribution in [2.45, 2.75) is 10.8 Å². The fourth-order valence-electron chi connectivity index (χ4n) is 1.17. The Balaban J connectivity index is 0.00000361. The van der Waals surface area contributed by atoms with Crippen molar-refractivity contribution in [3.63, 3.8) is 0 Å². The molecule has 116 valence electrons. The number of ether oxygens (including phenoxy) is 1. The lowest BCUT2D eigenvalue weighted by Crippen LogP contribution is -2.41. The Bertz CT molecular complexity index is 555. The number of rotatable bonds is 6. The van der Waals surface area contributed by atoms with Crippen molar-refractivity contribution in [3.8, 4) is 5.75 Å². The number of methoxy groups -OCH3 is 1. The van der Waals surface area contributed by atoms with E-state index >= 15 is 0 Å². The summed E-state index contributed by atoms with van der Waals surface area (Å²) in [5, 5.41) is 0. The van der Waals surface area contributed by atoms with Crippen LogP contribution in [0.5, 0.6) is 5.75 Å². The van der Waals surface area contributed by atoms with Crippen molar-refractivity contribution in [3.05, 3.63) is 24.0 Å². The number of hydrogen-bond acceptors (Lipinski definition) is 4. The van der Waals surface area contributed by atoms with Gasteiger partial charge in [0, 0.05) is 0 Å². The number of benzene rings is 1. The van der Waals surface area contributed by atoms with Gasteiger partial charge in [-0.2, -0.15) is 0 Å². The summed E-state index contributed by atoms with van der Waals surface area (Å²) in [6.07, 6.45) is 0. The first-order valence-electron chi connectivity index (χ1n) is 5.13. The van der Waals surface area contributed by atoms with Gasteiger partial charge in [-0.3, -0.25) is 0 Å². The predicted octanol–water partition coefficient (Wildman–Crippen LogP) is 1.13. The minimum atomic E-state index is -4.23. The third kappa shape index (κ3) is 4.82. The van der Waals surface area contributed by atoms with E-state index in [1.165, 1.54) is 7.11 Å². The molecule has 0 atom stereocenters. The Morgan fingerprint density at radius 2 is 2.00 bits per heavy atom. The van der Waals surface area contributed by atoms with Gasteiger partial charge in [0.25, 0.3) is 5.92 Å². The molecule has 1 rings (SSSR count). The van der Waals surface area contributed by atoms with E-state index in [0.717, 1.165) is 12.1 Å². The molecule has 0 bridgehead atoms. The molecule has 0 saturated carbocycles. The van der Waals surface area contributed by atoms with Gasteiger partial charge in [0.1, 0.15) is 0 Å². The van der Waals surface area contributed by atoms with E-state index < -0.39 is 39.7 Å². The minimum absolute atomic E-state index is 0. The topological polar surface area (TPSA) is 81.4 Å². The zero-order valence-corrected chi connectivity index (χ0v) is 12.0. The quantitative estimate of drug-likeness (QED) is 0.817. The van der Waals surface area contributed by atoms with Gasteiger partial charge >= 0.3 is 0 Å². The molecular formula is C10H14ClF3N2O3S. The lowest BCUT2D eigenvalue weighted by molar-refractivity contribution is 0.0170. The number of nitrogens with one attached hydrogen (secondary N) is 1. The van der Waals surface area contributed by atoms with Crippen molar-refractivity contribution >= 4 is 22.4 Å². The van der Waals surface area contributed by atoms with Crippen LogP contribution in [-0.4, -0.2) is 34.5 Å². The second-order valence-corrected chi connectivity index (χ2v) is 5.45. The van der Waals surface area contributed by atoms with E-state index in [0.29, 0.717) is 6.07 Å². The SMILES string of the molecule is COc1ccc(S(=O)(=O)NCC(F)(F)CN)cc1F.Cl. The first-order valence-corrected chi connectivity index (χ1v) is 6.61. The van der Waals surface area contributed by atoms with Gasteiger partial charge in [-0.25, -0.2) is 26.3 Å². The molecule has 10 heteroatoms. The maximum absolute atomic E-state index is 13.3. The van der Waals surface area contributed by atoms with E-state index in [-0.39, 0.29) is 18.2 Å². The van der Waals surface area contributed by atoms with Crippen LogP contribution in [0, 0.1) is 5.82 Å². The van der Waals surface area contributed by atoms with Gasteiger partial charge in [-0.15, -0.1) is 12.4 Å². The summed E-state index contributed by atoms with van der Waals surface area (Å²) in [5.41, 5.74) is 4.77. The first kappa shape index (κ1) is 19.0. The molecule has 0 unspecified atom stereocenters. The molecule has 0 heterocycles. The van der Waals surface area contributed by atoms with Gasteiger partial charge in [0.05, 0.1) is 25.1 Å². The maximum Gasteiger partial charge on any atom is 0.273 e. The van der Waals surface area contributed by atoms with E-state index in [9.17, 15) is 21.6 Å². The van der Waals surface area contributed by atoms with Crippen LogP contribution in [0.25, 0.3) is 0 Å². The Kier molecular flexibility index (Phi) is 6.75. The summed E-state index contributed by atoms with van der Waals surface area (Å²) in [7, 11) is -3.02. The molecule has 0 aliphatic heterocycles. The third-order valence-electron chi connectivity index (χ3n) is 2.25. The van der Waals surface area contributed by atoms with Crippen LogP contribution in [0.4, 0.5) is 13.2 Å². The van der Waals surface area contributed by atoms with Crippen molar-refractivity contribution in [2.24, 2.45) is 5.73 Å². The highest BCUT2D eigenvalue weighted by Gasteiger charge is 2.29. The molecule has 1 aromatic rings. The standard InChI is InChI=1S/C10H13F3N2O3S.ClH/c1-18-9-3-2-7(4-8(9)11)19(16,17)15-6-10(12,13)5-14;/h2-4,15H,5-6,14H2,1H3;1H. The summed E-state index contributed by atoms with van der Waals surface area (Å²) in [4.78, 5) is -0.473. The summed E-state index contributed by atoms with van der Waals surface area (Å²) in [6.45, 7) is -2.15. The molecule has 0 fully saturated rings. The van der Waals surface area contributed by atoms with E-state index in [1.54, 1.807) is 4.72 Å². The molecule has 20 heavy (non-hydrogen) atoms. The van der Waals surface area contributed by atoms with Crippen LogP contribution in [0.2, 0.25) is 0 Å². The molecule has 0 spiro atoms. The molecule has 0 saturated heterocycles. The second-order valence-electron chi connectivity index (χ2n) is 3.68. The lowest BCUT2D eigenvalue weighted by Gasteiger charge is -2.15. The van der Waals surface area contributed by atoms with Gasteiger partial charge in [0.2, 0.25) is 10.0 Å². The van der Waals surface area contributed by atoms with Crippen LogP contribution >= 0.6 is 12.4 Å². The van der Waals surface area contributed by atoms with Crippen molar-refractivity contribution < 1.29 is 26.3 Å². The first-order chi connectivity index (χ1) is 8.72. The molecule has 0 aromatic heterocycles. The molecule has 1 aromatic carbocycles. The number of hydrogen-bond donors (Lipinski definition) is 2. The second kappa shape index (κ2) is 7.11. The lowest BCUT2D eigenvalue weighted by atomic mass is 10.3. The van der Waals surface area contributed by atoms with Crippen molar-refractivity contribution in [1.29, 1.82) is 0 Å². The minimum Gasteiger partial charge on any atom is -0.494 e. The molecule has 0 aliphatic carbocycles. The number of sulfonamides is 1. The highest BCUT2D eigenvalue weighted by Crippen LogP contribution is 2.21. The van der Waals surface area contributed by atoms with Crippen LogP contribution < -0.4 is 15.2 Å². The predicted molar refractivity (Wildman–Crippen MR) is 69.4 cm³/mol. The van der Waals surface area contributed by atoms with Crippen LogP contribution in [0.3, 0.4) is 0 Å². The highest BCUT2D eigenvalue weighted by atomic mass is 35.5. The van der Waals surface area contributed by atoms with Gasteiger partial charge < -0.3 is 10.5 Å². The largest absolute Gasteiger partial charge is 0.494 e. The third-order valence-corrected chi connectivity index (χ3v) is 3.65. The molecule has 0 aliphatic rings. The number of alkyl halides is 2. The maximum atomic E-state index is 13.3. The van der Waals surface area contributed by atoms with Gasteiger partial charge in [-0.05, 0) is 18.2 Å². The Labute approximate surface area is 120 Å². The van der Waals surface area contributed by atoms with E-state index in [4.69, 9.17) is 5.73 Å². The van der Waals surface area contributed by atoms with Gasteiger partial charge in [0.15, 0.2) is 11.6 Å². The van der Waals surface area contributed by atoms with Crippen LogP contribution in [-0.2, 0) is 10.0 Å². The molecule has 0 radical (unpaired) electrons. The average molecular weight is 335 g/mol. The Morgan fingerprint density at radius 3 is 2.45 bits per heavy atom. The van der Waals surface area contributed by atoms with E-state index in [1.807, 2.05) is 0 Å². The molecule has 5 nitrogen and oxygen atoms in total. The molecular weight excluding hydrogens is 321 g/mol. The molecule has 3 N–H and O–H groups in total. The fourth-order valence-corrected chi connectivity index (χ4v) is 2.24. The van der Waals surface area contributed by atoms with Gasteiger partial charge in [-0.1, -0.05) is 0 Å².